The van der Waals surface area contributed by atoms with Gasteiger partial charge in [-0.2, -0.15) is 0 Å². The lowest BCUT2D eigenvalue weighted by Crippen LogP contribution is -1.98. The monoisotopic (exact) mass is 198 g/mol. The lowest BCUT2D eigenvalue weighted by molar-refractivity contribution is 0.108. The van der Waals surface area contributed by atoms with Gasteiger partial charge in [0.15, 0.2) is 0 Å². The highest BCUT2D eigenvalue weighted by atomic mass is 35.5. The number of carbonyl (C=O) groups excluding carboxylic acids is 1. The summed E-state index contributed by atoms with van der Waals surface area (Å²) in [5.41, 5.74) is 2.26. The van der Waals surface area contributed by atoms with Crippen LogP contribution in [0.4, 0.5) is 0 Å². The molecule has 0 N–H and O–H groups in total. The Bertz CT molecular complexity index is 345. The Morgan fingerprint density at radius 1 is 1.38 bits per heavy atom. The van der Waals surface area contributed by atoms with Gasteiger partial charge in [0.25, 0.3) is 5.24 Å². The van der Waals surface area contributed by atoms with Crippen LogP contribution in [0.1, 0.15) is 21.5 Å². The molecule has 0 spiro atoms. The van der Waals surface area contributed by atoms with Crippen molar-refractivity contribution in [3.63, 3.8) is 0 Å². The minimum atomic E-state index is -0.445. The third-order valence-corrected chi connectivity index (χ3v) is 2.14. The Morgan fingerprint density at radius 2 is 2.00 bits per heavy atom. The number of hydrogen-bond acceptors (Lipinski definition) is 2. The largest absolute Gasteiger partial charge is 0.496 e. The Hall–Kier alpha value is -1.02. The van der Waals surface area contributed by atoms with Crippen LogP contribution in [0.25, 0.3) is 0 Å². The molecular weight excluding hydrogens is 188 g/mol. The molecule has 0 saturated carbocycles. The highest BCUT2D eigenvalue weighted by Gasteiger charge is 2.10. The molecule has 0 saturated heterocycles. The first-order valence-corrected chi connectivity index (χ1v) is 4.29. The van der Waals surface area contributed by atoms with Crippen LogP contribution in [0.2, 0.25) is 0 Å². The van der Waals surface area contributed by atoms with Gasteiger partial charge in [0.05, 0.1) is 7.11 Å². The van der Waals surface area contributed by atoms with Gasteiger partial charge >= 0.3 is 0 Å². The van der Waals surface area contributed by atoms with Gasteiger partial charge in [-0.15, -0.1) is 0 Å². The van der Waals surface area contributed by atoms with E-state index in [1.807, 2.05) is 19.9 Å². The lowest BCUT2D eigenvalue weighted by Gasteiger charge is -2.08. The van der Waals surface area contributed by atoms with E-state index in [-0.39, 0.29) is 0 Å². The van der Waals surface area contributed by atoms with Crippen LogP contribution in [0, 0.1) is 13.8 Å². The smallest absolute Gasteiger partial charge is 0.252 e. The molecule has 70 valence electrons. The molecule has 13 heavy (non-hydrogen) atoms. The summed E-state index contributed by atoms with van der Waals surface area (Å²) < 4.78 is 5.11. The van der Waals surface area contributed by atoms with Crippen molar-refractivity contribution in [2.75, 3.05) is 7.11 Å². The molecule has 0 unspecified atom stereocenters. The van der Waals surface area contributed by atoms with Gasteiger partial charge in [0.1, 0.15) is 5.75 Å². The van der Waals surface area contributed by atoms with Crippen molar-refractivity contribution in [1.82, 2.24) is 0 Å². The van der Waals surface area contributed by atoms with Crippen molar-refractivity contribution < 1.29 is 9.53 Å². The summed E-state index contributed by atoms with van der Waals surface area (Å²) in [7, 11) is 1.57. The van der Waals surface area contributed by atoms with Gasteiger partial charge in [-0.3, -0.25) is 4.79 Å². The molecule has 2 nitrogen and oxygen atoms in total. The molecule has 0 aliphatic carbocycles. The van der Waals surface area contributed by atoms with E-state index in [9.17, 15) is 4.79 Å². The summed E-state index contributed by atoms with van der Waals surface area (Å²) in [6.07, 6.45) is 0. The van der Waals surface area contributed by atoms with E-state index < -0.39 is 5.24 Å². The average molecular weight is 199 g/mol. The van der Waals surface area contributed by atoms with Crippen molar-refractivity contribution >= 4 is 16.8 Å². The number of aryl methyl sites for hydroxylation is 1. The number of ether oxygens (including phenoxy) is 1. The summed E-state index contributed by atoms with van der Waals surface area (Å²) in [5.74, 6) is 0.698. The first-order chi connectivity index (χ1) is 6.06. The zero-order chi connectivity index (χ0) is 10.0. The second-order valence-electron chi connectivity index (χ2n) is 2.91. The summed E-state index contributed by atoms with van der Waals surface area (Å²) in [5, 5.41) is -0.445. The van der Waals surface area contributed by atoms with Gasteiger partial charge in [0, 0.05) is 11.1 Å². The van der Waals surface area contributed by atoms with Gasteiger partial charge < -0.3 is 4.74 Å². The fourth-order valence-corrected chi connectivity index (χ4v) is 1.44. The maximum Gasteiger partial charge on any atom is 0.252 e. The van der Waals surface area contributed by atoms with Crippen LogP contribution < -0.4 is 4.74 Å². The van der Waals surface area contributed by atoms with Crippen molar-refractivity contribution in [3.05, 3.63) is 28.8 Å². The molecule has 0 aliphatic rings. The molecule has 1 rings (SSSR count). The third kappa shape index (κ3) is 2.01. The molecule has 0 radical (unpaired) electrons. The average Bonchev–Trinajstić information content (AvgIpc) is 2.08. The Morgan fingerprint density at radius 3 is 2.46 bits per heavy atom. The third-order valence-electron chi connectivity index (χ3n) is 1.94. The van der Waals surface area contributed by atoms with E-state index in [2.05, 4.69) is 0 Å². The lowest BCUT2D eigenvalue weighted by atomic mass is 10.1. The fourth-order valence-electron chi connectivity index (χ4n) is 1.24. The molecule has 3 heteroatoms. The molecule has 1 aromatic rings. The number of carbonyl (C=O) groups is 1. The SMILES string of the molecule is COc1cc(C)cc(C(=O)Cl)c1C. The molecule has 0 heterocycles. The van der Waals surface area contributed by atoms with Crippen LogP contribution in [-0.4, -0.2) is 12.4 Å². The van der Waals surface area contributed by atoms with Crippen molar-refractivity contribution in [2.24, 2.45) is 0 Å². The zero-order valence-electron chi connectivity index (χ0n) is 7.85. The first-order valence-electron chi connectivity index (χ1n) is 3.91. The Balaban J connectivity index is 3.35. The van der Waals surface area contributed by atoms with Crippen molar-refractivity contribution in [1.29, 1.82) is 0 Å². The molecule has 0 amide bonds. The van der Waals surface area contributed by atoms with Gasteiger partial charge in [-0.25, -0.2) is 0 Å². The normalized spacial score (nSPS) is 9.85. The maximum atomic E-state index is 11.0. The highest BCUT2D eigenvalue weighted by Crippen LogP contribution is 2.24. The molecule has 0 aliphatic heterocycles. The number of halogens is 1. The van der Waals surface area contributed by atoms with Gasteiger partial charge in [0.2, 0.25) is 0 Å². The van der Waals surface area contributed by atoms with Gasteiger partial charge in [-0.05, 0) is 43.1 Å². The predicted molar refractivity (Wildman–Crippen MR) is 52.7 cm³/mol. The molecule has 1 aromatic carbocycles. The van der Waals surface area contributed by atoms with E-state index >= 15 is 0 Å². The van der Waals surface area contributed by atoms with Crippen LogP contribution >= 0.6 is 11.6 Å². The first kappa shape index (κ1) is 10.1. The fraction of sp³-hybridized carbons (Fsp3) is 0.300. The molecule has 0 atom stereocenters. The predicted octanol–water partition coefficient (Wildman–Crippen LogP) is 2.69. The van der Waals surface area contributed by atoms with E-state index in [0.29, 0.717) is 11.3 Å². The minimum absolute atomic E-state index is 0.445. The van der Waals surface area contributed by atoms with Crippen LogP contribution in [0.3, 0.4) is 0 Å². The van der Waals surface area contributed by atoms with Crippen LogP contribution in [0.5, 0.6) is 5.75 Å². The van der Waals surface area contributed by atoms with E-state index in [0.717, 1.165) is 11.1 Å². The topological polar surface area (TPSA) is 26.3 Å². The minimum Gasteiger partial charge on any atom is -0.496 e. The molecule has 0 fully saturated rings. The van der Waals surface area contributed by atoms with Gasteiger partial charge in [-0.1, -0.05) is 0 Å². The number of rotatable bonds is 2. The van der Waals surface area contributed by atoms with E-state index in [1.165, 1.54) is 0 Å². The maximum absolute atomic E-state index is 11.0. The standard InChI is InChI=1S/C10H11ClO2/c1-6-4-8(10(11)12)7(2)9(5-6)13-3/h4-5H,1-3H3. The number of benzene rings is 1. The van der Waals surface area contributed by atoms with E-state index in [1.54, 1.807) is 13.2 Å². The second kappa shape index (κ2) is 3.79. The zero-order valence-corrected chi connectivity index (χ0v) is 8.61. The van der Waals surface area contributed by atoms with E-state index in [4.69, 9.17) is 16.3 Å². The number of hydrogen-bond donors (Lipinski definition) is 0. The Labute approximate surface area is 82.5 Å². The highest BCUT2D eigenvalue weighted by molar-refractivity contribution is 6.68. The quantitative estimate of drug-likeness (QED) is 0.683. The van der Waals surface area contributed by atoms with Crippen molar-refractivity contribution in [3.8, 4) is 5.75 Å². The van der Waals surface area contributed by atoms with Crippen LogP contribution in [0.15, 0.2) is 12.1 Å². The summed E-state index contributed by atoms with van der Waals surface area (Å²) in [6, 6.07) is 3.63. The second-order valence-corrected chi connectivity index (χ2v) is 3.26. The Kier molecular flexibility index (Phi) is 2.94. The molecule has 0 aromatic heterocycles. The van der Waals surface area contributed by atoms with Crippen LogP contribution in [-0.2, 0) is 0 Å². The molecule has 0 bridgehead atoms. The summed E-state index contributed by atoms with van der Waals surface area (Å²) in [4.78, 5) is 11.0. The number of methoxy groups -OCH3 is 1. The summed E-state index contributed by atoms with van der Waals surface area (Å²) >= 11 is 5.41. The molecular formula is C10H11ClO2. The van der Waals surface area contributed by atoms with Crippen molar-refractivity contribution in [2.45, 2.75) is 13.8 Å². The summed E-state index contributed by atoms with van der Waals surface area (Å²) in [6.45, 7) is 3.71.